The summed E-state index contributed by atoms with van der Waals surface area (Å²) in [5, 5.41) is 25.3. The zero-order chi connectivity index (χ0) is 34.3. The first-order valence-corrected chi connectivity index (χ1v) is 16.7. The molecule has 49 heavy (non-hydrogen) atoms. The normalized spacial score (nSPS) is 21.9. The van der Waals surface area contributed by atoms with Crippen LogP contribution in [0.3, 0.4) is 0 Å². The van der Waals surface area contributed by atoms with E-state index in [-0.39, 0.29) is 41.0 Å². The molecule has 0 unspecified atom stereocenters. The number of anilines is 1. The fraction of sp³-hybridized carbons (Fsp3) is 0.395. The summed E-state index contributed by atoms with van der Waals surface area (Å²) in [4.78, 5) is 31.0. The Kier molecular flexibility index (Phi) is 8.33. The van der Waals surface area contributed by atoms with Gasteiger partial charge in [-0.2, -0.15) is 15.2 Å². The van der Waals surface area contributed by atoms with Gasteiger partial charge >= 0.3 is 6.01 Å². The summed E-state index contributed by atoms with van der Waals surface area (Å²) in [6.07, 6.45) is 13.9. The van der Waals surface area contributed by atoms with E-state index in [2.05, 4.69) is 38.8 Å². The number of nitrogens with zero attached hydrogens (tertiary/aromatic N) is 6. The number of aromatic nitrogens is 3. The Morgan fingerprint density at radius 2 is 2.00 bits per heavy atom. The van der Waals surface area contributed by atoms with E-state index in [1.165, 1.54) is 18.3 Å². The molecule has 0 spiro atoms. The van der Waals surface area contributed by atoms with Crippen molar-refractivity contribution in [2.45, 2.75) is 57.0 Å². The van der Waals surface area contributed by atoms with Gasteiger partial charge in [-0.25, -0.2) is 4.39 Å². The van der Waals surface area contributed by atoms with E-state index < -0.39 is 17.3 Å². The second-order valence-corrected chi connectivity index (χ2v) is 13.6. The van der Waals surface area contributed by atoms with Gasteiger partial charge in [0.1, 0.15) is 29.4 Å². The largest absolute Gasteiger partial charge is 0.508 e. The Bertz CT molecular complexity index is 2060. The van der Waals surface area contributed by atoms with Crippen LogP contribution in [0.15, 0.2) is 49.2 Å². The van der Waals surface area contributed by atoms with Crippen LogP contribution in [0.1, 0.15) is 51.0 Å². The van der Waals surface area contributed by atoms with Gasteiger partial charge in [0.2, 0.25) is 5.91 Å². The number of rotatable bonds is 7. The van der Waals surface area contributed by atoms with E-state index in [0.717, 1.165) is 38.8 Å². The highest BCUT2D eigenvalue weighted by Gasteiger charge is 2.45. The molecule has 11 heteroatoms. The lowest BCUT2D eigenvalue weighted by Crippen LogP contribution is -2.50. The molecule has 0 saturated carbocycles. The van der Waals surface area contributed by atoms with Crippen LogP contribution in [0.2, 0.25) is 0 Å². The summed E-state index contributed by atoms with van der Waals surface area (Å²) in [6.45, 7) is 8.58. The maximum absolute atomic E-state index is 17.0. The topological polar surface area (TPSA) is 128 Å². The highest BCUT2D eigenvalue weighted by atomic mass is 19.1. The standard InChI is InChI=1S/C38H38FN7O3/c1-4-24-10-6-11-25-18-26(47)19-27(31(24)25)33-32(39)34-28(20-41-33)35(44-36(43-34)49-23-38-13-8-16-46(38)17-9-14-38)45-15-7-12-37(3,22-40)29(21-45)42-30(48)5-2/h1,5-6,10-11,18-20,29,47H,2,7-9,12-17,21,23H2,3H3,(H,42,48)/t29-,37-/m1/s1. The van der Waals surface area contributed by atoms with E-state index in [9.17, 15) is 15.2 Å². The van der Waals surface area contributed by atoms with E-state index in [4.69, 9.17) is 16.1 Å². The molecule has 2 aromatic heterocycles. The number of hydrogen-bond acceptors (Lipinski definition) is 9. The number of hydrogen-bond donors (Lipinski definition) is 2. The molecule has 0 aliphatic carbocycles. The summed E-state index contributed by atoms with van der Waals surface area (Å²) < 4.78 is 23.4. The minimum atomic E-state index is -0.856. The Morgan fingerprint density at radius 3 is 2.73 bits per heavy atom. The van der Waals surface area contributed by atoms with Crippen molar-refractivity contribution >= 4 is 33.4 Å². The lowest BCUT2D eigenvalue weighted by molar-refractivity contribution is -0.117. The number of carbonyl (C=O) groups is 1. The smallest absolute Gasteiger partial charge is 0.319 e. The molecule has 3 aliphatic heterocycles. The Balaban J connectivity index is 1.38. The molecular weight excluding hydrogens is 621 g/mol. The maximum Gasteiger partial charge on any atom is 0.319 e. The number of amides is 1. The fourth-order valence-electron chi connectivity index (χ4n) is 7.98. The van der Waals surface area contributed by atoms with Crippen LogP contribution in [0.5, 0.6) is 11.8 Å². The van der Waals surface area contributed by atoms with Gasteiger partial charge in [0, 0.05) is 35.8 Å². The average molecular weight is 660 g/mol. The fourth-order valence-corrected chi connectivity index (χ4v) is 7.98. The molecule has 10 nitrogen and oxygen atoms in total. The highest BCUT2D eigenvalue weighted by molar-refractivity contribution is 6.02. The maximum atomic E-state index is 17.0. The van der Waals surface area contributed by atoms with Crippen LogP contribution < -0.4 is 15.0 Å². The van der Waals surface area contributed by atoms with Gasteiger partial charge in [-0.3, -0.25) is 14.7 Å². The number of fused-ring (bicyclic) bond motifs is 3. The number of nitrogens with one attached hydrogen (secondary N) is 1. The molecule has 2 atom stereocenters. The summed E-state index contributed by atoms with van der Waals surface area (Å²) >= 11 is 0. The number of benzene rings is 2. The summed E-state index contributed by atoms with van der Waals surface area (Å²) in [6, 6.07) is 10.3. The SMILES string of the molecule is C#Cc1cccc2cc(O)cc(-c3ncc4c(N5CCC[C@](C)(C#N)[C@H](NC(=O)C=C)C5)nc(OCC56CCCN5CCC6)nc4c3F)c12. The van der Waals surface area contributed by atoms with Crippen LogP contribution >= 0.6 is 0 Å². The van der Waals surface area contributed by atoms with Crippen molar-refractivity contribution in [3.05, 3.63) is 60.6 Å². The molecule has 250 valence electrons. The van der Waals surface area contributed by atoms with Gasteiger partial charge < -0.3 is 20.1 Å². The number of halogens is 1. The third kappa shape index (κ3) is 5.68. The van der Waals surface area contributed by atoms with Gasteiger partial charge in [0.25, 0.3) is 0 Å². The molecule has 3 aliphatic rings. The predicted octanol–water partition coefficient (Wildman–Crippen LogP) is 5.48. The lowest BCUT2D eigenvalue weighted by atomic mass is 9.80. The summed E-state index contributed by atoms with van der Waals surface area (Å²) in [5.41, 5.74) is -0.0908. The van der Waals surface area contributed by atoms with Crippen molar-refractivity contribution < 1.29 is 19.0 Å². The van der Waals surface area contributed by atoms with Crippen molar-refractivity contribution in [2.24, 2.45) is 5.41 Å². The number of terminal acetylenes is 1. The number of phenolic OH excluding ortho intramolecular Hbond substituents is 1. The molecular formula is C38H38FN7O3. The van der Waals surface area contributed by atoms with Crippen molar-refractivity contribution in [3.8, 4) is 41.4 Å². The Labute approximate surface area is 284 Å². The quantitative estimate of drug-likeness (QED) is 0.196. The van der Waals surface area contributed by atoms with Crippen LogP contribution in [-0.2, 0) is 4.79 Å². The molecule has 3 fully saturated rings. The number of nitriles is 1. The molecule has 0 bridgehead atoms. The number of ether oxygens (including phenoxy) is 1. The molecule has 7 rings (SSSR count). The Morgan fingerprint density at radius 1 is 1.22 bits per heavy atom. The molecule has 3 saturated heterocycles. The number of aromatic hydroxyl groups is 1. The third-order valence-corrected chi connectivity index (χ3v) is 10.6. The molecule has 2 aromatic carbocycles. The average Bonchev–Trinajstić information content (AvgIpc) is 3.65. The lowest BCUT2D eigenvalue weighted by Gasteiger charge is -2.33. The predicted molar refractivity (Wildman–Crippen MR) is 185 cm³/mol. The van der Waals surface area contributed by atoms with Gasteiger partial charge in [0.05, 0.1) is 28.5 Å². The summed E-state index contributed by atoms with van der Waals surface area (Å²) in [7, 11) is 0. The third-order valence-electron chi connectivity index (χ3n) is 10.6. The second-order valence-electron chi connectivity index (χ2n) is 13.6. The highest BCUT2D eigenvalue weighted by Crippen LogP contribution is 2.41. The van der Waals surface area contributed by atoms with Crippen molar-refractivity contribution in [2.75, 3.05) is 37.7 Å². The van der Waals surface area contributed by atoms with Crippen molar-refractivity contribution in [1.29, 1.82) is 5.26 Å². The van der Waals surface area contributed by atoms with Gasteiger partial charge in [-0.1, -0.05) is 24.6 Å². The van der Waals surface area contributed by atoms with Crippen LogP contribution in [-0.4, -0.2) is 75.2 Å². The van der Waals surface area contributed by atoms with Crippen molar-refractivity contribution in [1.82, 2.24) is 25.2 Å². The number of carbonyl (C=O) groups excluding carboxylic acids is 1. The minimum Gasteiger partial charge on any atom is -0.508 e. The number of phenols is 1. The van der Waals surface area contributed by atoms with Crippen LogP contribution in [0, 0.1) is 34.9 Å². The molecule has 4 aromatic rings. The van der Waals surface area contributed by atoms with E-state index in [0.29, 0.717) is 59.1 Å². The van der Waals surface area contributed by atoms with E-state index in [1.807, 2.05) is 11.8 Å². The van der Waals surface area contributed by atoms with Crippen LogP contribution in [0.4, 0.5) is 10.2 Å². The van der Waals surface area contributed by atoms with Gasteiger partial charge in [0.15, 0.2) is 5.82 Å². The minimum absolute atomic E-state index is 0.00542. The zero-order valence-corrected chi connectivity index (χ0v) is 27.5. The van der Waals surface area contributed by atoms with Gasteiger partial charge in [-0.15, -0.1) is 6.42 Å². The van der Waals surface area contributed by atoms with E-state index in [1.54, 1.807) is 24.3 Å². The monoisotopic (exact) mass is 659 g/mol. The van der Waals surface area contributed by atoms with Gasteiger partial charge in [-0.05, 0) is 88.2 Å². The summed E-state index contributed by atoms with van der Waals surface area (Å²) in [5.74, 6) is 1.92. The van der Waals surface area contributed by atoms with Crippen LogP contribution in [0.25, 0.3) is 32.9 Å². The first-order chi connectivity index (χ1) is 23.7. The molecule has 5 heterocycles. The Hall–Kier alpha value is -5.26. The first-order valence-electron chi connectivity index (χ1n) is 16.7. The van der Waals surface area contributed by atoms with Crippen molar-refractivity contribution in [3.63, 3.8) is 0 Å². The first kappa shape index (κ1) is 32.3. The zero-order valence-electron chi connectivity index (χ0n) is 27.5. The molecule has 0 radical (unpaired) electrons. The second kappa shape index (κ2) is 12.6. The van der Waals surface area contributed by atoms with E-state index >= 15 is 4.39 Å². The number of pyridine rings is 1. The molecule has 1 amide bonds. The molecule has 2 N–H and O–H groups in total.